The second-order valence-electron chi connectivity index (χ2n) is 8.77. The summed E-state index contributed by atoms with van der Waals surface area (Å²) in [6.07, 6.45) is 5.77. The maximum Gasteiger partial charge on any atom is 0.341 e. The second-order valence-corrected chi connectivity index (χ2v) is 11.7. The van der Waals surface area contributed by atoms with E-state index in [0.717, 1.165) is 41.6 Å². The summed E-state index contributed by atoms with van der Waals surface area (Å²) >= 11 is 4.07. The monoisotopic (exact) mass is 565 g/mol. The molecule has 1 amide bonds. The van der Waals surface area contributed by atoms with Gasteiger partial charge in [-0.15, -0.1) is 29.3 Å². The summed E-state index contributed by atoms with van der Waals surface area (Å²) in [4.78, 5) is 46.1. The Bertz CT molecular complexity index is 1570. The number of nitrogens with one attached hydrogen (secondary N) is 1. The fourth-order valence-corrected chi connectivity index (χ4v) is 7.68. The molecule has 1 N–H and O–H groups in total. The van der Waals surface area contributed by atoms with E-state index in [1.165, 1.54) is 28.0 Å². The van der Waals surface area contributed by atoms with Crippen molar-refractivity contribution >= 4 is 61.5 Å². The molecule has 38 heavy (non-hydrogen) atoms. The molecule has 0 unspecified atom stereocenters. The topological polar surface area (TPSA) is 90.3 Å². The van der Waals surface area contributed by atoms with E-state index in [1.54, 1.807) is 28.9 Å². The zero-order valence-corrected chi connectivity index (χ0v) is 23.4. The molecule has 1 aliphatic carbocycles. The van der Waals surface area contributed by atoms with Gasteiger partial charge in [0.15, 0.2) is 5.16 Å². The summed E-state index contributed by atoms with van der Waals surface area (Å²) < 4.78 is 6.88. The van der Waals surface area contributed by atoms with Gasteiger partial charge in [0.05, 0.1) is 17.7 Å². The zero-order valence-electron chi connectivity index (χ0n) is 21.0. The van der Waals surface area contributed by atoms with Crippen molar-refractivity contribution in [3.05, 3.63) is 74.7 Å². The lowest BCUT2D eigenvalue weighted by atomic mass is 9.97. The molecule has 0 spiro atoms. The summed E-state index contributed by atoms with van der Waals surface area (Å²) in [6, 6.07) is 9.52. The Hall–Kier alpha value is -3.21. The number of amides is 1. The maximum atomic E-state index is 13.4. The van der Waals surface area contributed by atoms with Gasteiger partial charge < -0.3 is 10.1 Å². The van der Waals surface area contributed by atoms with Crippen LogP contribution in [0.25, 0.3) is 21.3 Å². The Morgan fingerprint density at radius 2 is 2.03 bits per heavy atom. The van der Waals surface area contributed by atoms with Gasteiger partial charge in [-0.2, -0.15) is 0 Å². The lowest BCUT2D eigenvalue weighted by Crippen LogP contribution is -2.24. The number of carbonyl (C=O) groups is 2. The summed E-state index contributed by atoms with van der Waals surface area (Å²) in [6.45, 7) is 6.09. The molecule has 3 heterocycles. The number of thioether (sulfide) groups is 1. The number of fused-ring (bicyclic) bond motifs is 3. The van der Waals surface area contributed by atoms with Crippen LogP contribution in [0.5, 0.6) is 0 Å². The molecule has 0 fully saturated rings. The summed E-state index contributed by atoms with van der Waals surface area (Å²) in [7, 11) is 0. The number of hydrogen-bond acceptors (Lipinski definition) is 8. The fourth-order valence-electron chi connectivity index (χ4n) is 4.60. The van der Waals surface area contributed by atoms with E-state index >= 15 is 0 Å². The molecule has 0 atom stereocenters. The third-order valence-corrected chi connectivity index (χ3v) is 9.35. The van der Waals surface area contributed by atoms with Crippen molar-refractivity contribution < 1.29 is 14.3 Å². The first-order valence-corrected chi connectivity index (χ1v) is 15.1. The minimum absolute atomic E-state index is 0.0288. The molecule has 7 nitrogen and oxygen atoms in total. The van der Waals surface area contributed by atoms with Crippen LogP contribution in [0.15, 0.2) is 58.3 Å². The van der Waals surface area contributed by atoms with Crippen LogP contribution in [-0.4, -0.2) is 33.8 Å². The van der Waals surface area contributed by atoms with Crippen LogP contribution in [0.4, 0.5) is 5.00 Å². The molecule has 3 aromatic heterocycles. The van der Waals surface area contributed by atoms with Crippen LogP contribution in [0.2, 0.25) is 0 Å². The van der Waals surface area contributed by atoms with Gasteiger partial charge >= 0.3 is 5.97 Å². The number of thiophene rings is 2. The molecule has 0 bridgehead atoms. The van der Waals surface area contributed by atoms with Crippen molar-refractivity contribution in [3.63, 3.8) is 0 Å². The molecule has 0 saturated carbocycles. The Labute approximate surface area is 232 Å². The smallest absolute Gasteiger partial charge is 0.341 e. The third kappa shape index (κ3) is 5.21. The highest BCUT2D eigenvalue weighted by atomic mass is 32.2. The normalized spacial score (nSPS) is 12.8. The molecule has 0 aliphatic heterocycles. The van der Waals surface area contributed by atoms with Crippen LogP contribution in [-0.2, 0) is 28.9 Å². The zero-order chi connectivity index (χ0) is 26.6. The van der Waals surface area contributed by atoms with Gasteiger partial charge in [-0.1, -0.05) is 48.2 Å². The average molecular weight is 566 g/mol. The first-order valence-electron chi connectivity index (χ1n) is 12.4. The highest BCUT2D eigenvalue weighted by Gasteiger charge is 2.24. The highest BCUT2D eigenvalue weighted by Crippen LogP contribution is 2.37. The second kappa shape index (κ2) is 11.7. The van der Waals surface area contributed by atoms with E-state index in [4.69, 9.17) is 9.72 Å². The van der Waals surface area contributed by atoms with Crippen LogP contribution >= 0.6 is 34.4 Å². The minimum atomic E-state index is -0.482. The van der Waals surface area contributed by atoms with Crippen LogP contribution < -0.4 is 10.9 Å². The molecular weight excluding hydrogens is 539 g/mol. The lowest BCUT2D eigenvalue weighted by molar-refractivity contribution is -0.113. The Balaban J connectivity index is 1.40. The number of ether oxygens (including phenoxy) is 1. The number of aromatic nitrogens is 2. The predicted octanol–water partition coefficient (Wildman–Crippen LogP) is 6.16. The van der Waals surface area contributed by atoms with Crippen molar-refractivity contribution in [2.24, 2.45) is 0 Å². The Morgan fingerprint density at radius 1 is 1.24 bits per heavy atom. The van der Waals surface area contributed by atoms with Gasteiger partial charge in [0.25, 0.3) is 5.56 Å². The number of aryl methyl sites for hydroxylation is 2. The SMILES string of the molecule is C=CCn1c(SCC(=O)Nc2scc(-c3ccccc3)c2C(=O)OCC)nc2sc3c(c2c1=O)CCCC3. The lowest BCUT2D eigenvalue weighted by Gasteiger charge is -2.12. The minimum Gasteiger partial charge on any atom is -0.462 e. The van der Waals surface area contributed by atoms with Crippen LogP contribution in [0.3, 0.4) is 0 Å². The predicted molar refractivity (Wildman–Crippen MR) is 156 cm³/mol. The number of benzene rings is 1. The molecule has 196 valence electrons. The summed E-state index contributed by atoms with van der Waals surface area (Å²) in [5.74, 6) is -0.753. The van der Waals surface area contributed by atoms with Gasteiger partial charge in [0.2, 0.25) is 5.91 Å². The largest absolute Gasteiger partial charge is 0.462 e. The van der Waals surface area contributed by atoms with E-state index in [-0.39, 0.29) is 23.8 Å². The van der Waals surface area contributed by atoms with Crippen molar-refractivity contribution in [3.8, 4) is 11.1 Å². The van der Waals surface area contributed by atoms with Gasteiger partial charge in [-0.05, 0) is 43.7 Å². The van der Waals surface area contributed by atoms with Crippen molar-refractivity contribution in [1.29, 1.82) is 0 Å². The molecule has 1 aromatic carbocycles. The molecular formula is C28H27N3O4S3. The van der Waals surface area contributed by atoms with E-state index in [1.807, 2.05) is 35.7 Å². The number of anilines is 1. The quantitative estimate of drug-likeness (QED) is 0.113. The van der Waals surface area contributed by atoms with Crippen LogP contribution in [0, 0.1) is 0 Å². The van der Waals surface area contributed by atoms with Gasteiger partial charge in [0.1, 0.15) is 15.4 Å². The number of hydrogen-bond donors (Lipinski definition) is 1. The first kappa shape index (κ1) is 26.4. The van der Waals surface area contributed by atoms with Gasteiger partial charge in [-0.3, -0.25) is 14.2 Å². The number of rotatable bonds is 9. The van der Waals surface area contributed by atoms with E-state index in [9.17, 15) is 14.4 Å². The van der Waals surface area contributed by atoms with E-state index in [0.29, 0.717) is 33.2 Å². The third-order valence-electron chi connectivity index (χ3n) is 6.29. The first-order chi connectivity index (χ1) is 18.5. The highest BCUT2D eigenvalue weighted by molar-refractivity contribution is 7.99. The summed E-state index contributed by atoms with van der Waals surface area (Å²) in [5.41, 5.74) is 2.98. The van der Waals surface area contributed by atoms with E-state index in [2.05, 4.69) is 11.9 Å². The molecule has 0 radical (unpaired) electrons. The number of allylic oxidation sites excluding steroid dienone is 1. The Morgan fingerprint density at radius 3 is 2.79 bits per heavy atom. The van der Waals surface area contributed by atoms with Crippen LogP contribution in [0.1, 0.15) is 40.6 Å². The average Bonchev–Trinajstić information content (AvgIpc) is 3.51. The molecule has 4 aromatic rings. The standard InChI is InChI=1S/C28H27N3O4S3/c1-3-14-31-26(33)22-18-12-8-9-13-20(18)38-25(22)30-28(31)37-16-21(32)29-24-23(27(34)35-4-2)19(15-36-24)17-10-6-5-7-11-17/h3,5-7,10-11,15H,1,4,8-9,12-14,16H2,2H3,(H,29,32). The maximum absolute atomic E-state index is 13.4. The number of nitrogens with zero attached hydrogens (tertiary/aromatic N) is 2. The van der Waals surface area contributed by atoms with Gasteiger partial charge in [-0.25, -0.2) is 9.78 Å². The summed E-state index contributed by atoms with van der Waals surface area (Å²) in [5, 5.41) is 6.36. The van der Waals surface area contributed by atoms with Crippen molar-refractivity contribution in [1.82, 2.24) is 9.55 Å². The molecule has 0 saturated heterocycles. The van der Waals surface area contributed by atoms with Gasteiger partial charge in [0, 0.05) is 22.4 Å². The fraction of sp³-hybridized carbons (Fsp3) is 0.286. The number of carbonyl (C=O) groups excluding carboxylic acids is 2. The molecule has 1 aliphatic rings. The number of esters is 1. The molecule has 10 heteroatoms. The van der Waals surface area contributed by atoms with Crippen molar-refractivity contribution in [2.75, 3.05) is 17.7 Å². The van der Waals surface area contributed by atoms with E-state index < -0.39 is 5.97 Å². The molecule has 5 rings (SSSR count). The van der Waals surface area contributed by atoms with Crippen molar-refractivity contribution in [2.45, 2.75) is 44.3 Å². The Kier molecular flexibility index (Phi) is 8.11.